The lowest BCUT2D eigenvalue weighted by molar-refractivity contribution is 0.253. The standard InChI is InChI=1S/C14H17N5OS/c1-4-6-15-13-17-10-9(3)8-21-11(10)12(18-13)19-14(20)16-7-5-2/h4-5,8H,1-2,6-7H2,3H3,(H3,15,16,17,18,19,20). The Balaban J connectivity index is 2.33. The molecular formula is C14H17N5OS. The minimum Gasteiger partial charge on any atom is -0.351 e. The summed E-state index contributed by atoms with van der Waals surface area (Å²) in [5, 5.41) is 10.4. The summed E-state index contributed by atoms with van der Waals surface area (Å²) in [6, 6.07) is -0.323. The monoisotopic (exact) mass is 303 g/mol. The first-order chi connectivity index (χ1) is 10.2. The average molecular weight is 303 g/mol. The van der Waals surface area contributed by atoms with E-state index in [0.29, 0.717) is 24.9 Å². The molecular weight excluding hydrogens is 286 g/mol. The second kappa shape index (κ2) is 6.85. The fourth-order valence-electron chi connectivity index (χ4n) is 1.68. The van der Waals surface area contributed by atoms with Crippen LogP contribution in [0.15, 0.2) is 30.7 Å². The van der Waals surface area contributed by atoms with Crippen LogP contribution in [0.5, 0.6) is 0 Å². The van der Waals surface area contributed by atoms with E-state index in [2.05, 4.69) is 39.1 Å². The second-order valence-corrected chi connectivity index (χ2v) is 5.17. The molecule has 0 aliphatic carbocycles. The van der Waals surface area contributed by atoms with Crippen molar-refractivity contribution in [1.82, 2.24) is 15.3 Å². The molecule has 2 aromatic heterocycles. The summed E-state index contributed by atoms with van der Waals surface area (Å²) < 4.78 is 0.852. The highest BCUT2D eigenvalue weighted by Gasteiger charge is 2.13. The number of urea groups is 1. The third kappa shape index (κ3) is 3.57. The van der Waals surface area contributed by atoms with Crippen LogP contribution in [0.3, 0.4) is 0 Å². The van der Waals surface area contributed by atoms with Gasteiger partial charge in [-0.15, -0.1) is 24.5 Å². The Kier molecular flexibility index (Phi) is 4.89. The highest BCUT2D eigenvalue weighted by molar-refractivity contribution is 7.18. The molecule has 2 amide bonds. The quantitative estimate of drug-likeness (QED) is 0.717. The lowest BCUT2D eigenvalue weighted by Crippen LogP contribution is -2.29. The fraction of sp³-hybridized carbons (Fsp3) is 0.214. The number of anilines is 2. The van der Waals surface area contributed by atoms with E-state index < -0.39 is 0 Å². The van der Waals surface area contributed by atoms with E-state index >= 15 is 0 Å². The second-order valence-electron chi connectivity index (χ2n) is 4.29. The van der Waals surface area contributed by atoms with Gasteiger partial charge in [-0.05, 0) is 17.9 Å². The van der Waals surface area contributed by atoms with Crippen molar-refractivity contribution in [1.29, 1.82) is 0 Å². The van der Waals surface area contributed by atoms with E-state index in [1.54, 1.807) is 12.2 Å². The van der Waals surface area contributed by atoms with E-state index in [1.165, 1.54) is 11.3 Å². The number of carbonyl (C=O) groups excluding carboxylic acids is 1. The summed E-state index contributed by atoms with van der Waals surface area (Å²) >= 11 is 1.50. The van der Waals surface area contributed by atoms with Crippen LogP contribution in [0.1, 0.15) is 5.56 Å². The number of aryl methyl sites for hydroxylation is 1. The zero-order valence-corrected chi connectivity index (χ0v) is 12.6. The lowest BCUT2D eigenvalue weighted by atomic mass is 10.3. The molecule has 0 fully saturated rings. The van der Waals surface area contributed by atoms with Crippen molar-refractivity contribution in [3.8, 4) is 0 Å². The van der Waals surface area contributed by atoms with E-state index in [4.69, 9.17) is 0 Å². The summed E-state index contributed by atoms with van der Waals surface area (Å²) in [7, 11) is 0. The van der Waals surface area contributed by atoms with Crippen LogP contribution in [0.25, 0.3) is 10.2 Å². The smallest absolute Gasteiger partial charge is 0.320 e. The molecule has 2 aromatic rings. The van der Waals surface area contributed by atoms with Gasteiger partial charge in [0.15, 0.2) is 5.82 Å². The van der Waals surface area contributed by atoms with E-state index in [9.17, 15) is 4.79 Å². The predicted molar refractivity (Wildman–Crippen MR) is 88.1 cm³/mol. The molecule has 0 spiro atoms. The SMILES string of the molecule is C=CCNC(=O)Nc1nc(NCC=C)nc2c(C)csc12. The molecule has 3 N–H and O–H groups in total. The summed E-state index contributed by atoms with van der Waals surface area (Å²) in [5.74, 6) is 0.953. The van der Waals surface area contributed by atoms with Crippen LogP contribution < -0.4 is 16.0 Å². The average Bonchev–Trinajstić information content (AvgIpc) is 2.85. The van der Waals surface area contributed by atoms with Crippen LogP contribution in [0, 0.1) is 6.92 Å². The number of amides is 2. The Labute approximate surface area is 127 Å². The lowest BCUT2D eigenvalue weighted by Gasteiger charge is -2.09. The number of fused-ring (bicyclic) bond motifs is 1. The van der Waals surface area contributed by atoms with Gasteiger partial charge in [-0.2, -0.15) is 4.98 Å². The molecule has 0 aromatic carbocycles. The number of thiophene rings is 1. The molecule has 0 saturated heterocycles. The molecule has 2 rings (SSSR count). The maximum Gasteiger partial charge on any atom is 0.320 e. The maximum atomic E-state index is 11.8. The van der Waals surface area contributed by atoms with E-state index in [0.717, 1.165) is 15.8 Å². The molecule has 0 atom stereocenters. The molecule has 110 valence electrons. The van der Waals surface area contributed by atoms with Crippen molar-refractivity contribution >= 4 is 39.4 Å². The number of hydrogen-bond donors (Lipinski definition) is 3. The van der Waals surface area contributed by atoms with Crippen LogP contribution in [0.4, 0.5) is 16.6 Å². The zero-order chi connectivity index (χ0) is 15.2. The van der Waals surface area contributed by atoms with Gasteiger partial charge in [0.2, 0.25) is 5.95 Å². The Bertz CT molecular complexity index is 679. The van der Waals surface area contributed by atoms with Gasteiger partial charge in [-0.3, -0.25) is 5.32 Å². The minimum atomic E-state index is -0.323. The Morgan fingerprint density at radius 2 is 2.10 bits per heavy atom. The number of rotatable bonds is 6. The molecule has 0 saturated carbocycles. The summed E-state index contributed by atoms with van der Waals surface area (Å²) in [4.78, 5) is 20.6. The number of nitrogens with zero attached hydrogens (tertiary/aromatic N) is 2. The van der Waals surface area contributed by atoms with Crippen molar-refractivity contribution < 1.29 is 4.79 Å². The topological polar surface area (TPSA) is 78.9 Å². The largest absolute Gasteiger partial charge is 0.351 e. The first-order valence-electron chi connectivity index (χ1n) is 6.42. The molecule has 21 heavy (non-hydrogen) atoms. The molecule has 0 aliphatic heterocycles. The molecule has 0 unspecified atom stereocenters. The summed E-state index contributed by atoms with van der Waals surface area (Å²) in [6.45, 7) is 10.1. The Morgan fingerprint density at radius 3 is 2.81 bits per heavy atom. The van der Waals surface area contributed by atoms with Crippen molar-refractivity contribution in [2.75, 3.05) is 23.7 Å². The van der Waals surface area contributed by atoms with Gasteiger partial charge < -0.3 is 10.6 Å². The van der Waals surface area contributed by atoms with Crippen LogP contribution >= 0.6 is 11.3 Å². The maximum absolute atomic E-state index is 11.8. The number of nitrogens with one attached hydrogen (secondary N) is 3. The number of carbonyl (C=O) groups is 1. The first-order valence-corrected chi connectivity index (χ1v) is 7.30. The Hall–Kier alpha value is -2.41. The third-order valence-corrected chi connectivity index (χ3v) is 3.73. The van der Waals surface area contributed by atoms with Gasteiger partial charge in [0.1, 0.15) is 0 Å². The first kappa shape index (κ1) is 15.0. The summed E-state index contributed by atoms with van der Waals surface area (Å²) in [5.41, 5.74) is 1.88. The molecule has 7 heteroatoms. The van der Waals surface area contributed by atoms with Crippen molar-refractivity contribution in [2.45, 2.75) is 6.92 Å². The van der Waals surface area contributed by atoms with Crippen molar-refractivity contribution in [3.05, 3.63) is 36.3 Å². The van der Waals surface area contributed by atoms with Crippen LogP contribution in [0.2, 0.25) is 0 Å². The zero-order valence-electron chi connectivity index (χ0n) is 11.8. The van der Waals surface area contributed by atoms with Gasteiger partial charge in [0, 0.05) is 13.1 Å². The van der Waals surface area contributed by atoms with Crippen LogP contribution in [-0.2, 0) is 0 Å². The molecule has 6 nitrogen and oxygen atoms in total. The highest BCUT2D eigenvalue weighted by atomic mass is 32.1. The molecule has 0 aliphatic rings. The van der Waals surface area contributed by atoms with Gasteiger partial charge >= 0.3 is 6.03 Å². The van der Waals surface area contributed by atoms with Gasteiger partial charge in [0.05, 0.1) is 10.2 Å². The van der Waals surface area contributed by atoms with Gasteiger partial charge in [-0.25, -0.2) is 9.78 Å². The van der Waals surface area contributed by atoms with E-state index in [-0.39, 0.29) is 6.03 Å². The number of hydrogen-bond acceptors (Lipinski definition) is 5. The van der Waals surface area contributed by atoms with E-state index in [1.807, 2.05) is 12.3 Å². The molecule has 0 bridgehead atoms. The molecule has 0 radical (unpaired) electrons. The van der Waals surface area contributed by atoms with Crippen molar-refractivity contribution in [3.63, 3.8) is 0 Å². The van der Waals surface area contributed by atoms with Gasteiger partial charge in [0.25, 0.3) is 0 Å². The Morgan fingerprint density at radius 1 is 1.33 bits per heavy atom. The summed E-state index contributed by atoms with van der Waals surface area (Å²) in [6.07, 6.45) is 3.33. The van der Waals surface area contributed by atoms with Crippen molar-refractivity contribution in [2.24, 2.45) is 0 Å². The molecule has 2 heterocycles. The minimum absolute atomic E-state index is 0.323. The predicted octanol–water partition coefficient (Wildman–Crippen LogP) is 2.91. The highest BCUT2D eigenvalue weighted by Crippen LogP contribution is 2.30. The van der Waals surface area contributed by atoms with Crippen LogP contribution in [-0.4, -0.2) is 29.1 Å². The normalized spacial score (nSPS) is 10.1. The third-order valence-electron chi connectivity index (χ3n) is 2.64. The fourth-order valence-corrected chi connectivity index (χ4v) is 2.61. The number of aromatic nitrogens is 2. The van der Waals surface area contributed by atoms with Gasteiger partial charge in [-0.1, -0.05) is 12.2 Å².